The van der Waals surface area contributed by atoms with Gasteiger partial charge in [-0.15, -0.1) is 0 Å². The van der Waals surface area contributed by atoms with E-state index in [-0.39, 0.29) is 4.90 Å². The third-order valence-electron chi connectivity index (χ3n) is 2.72. The molecule has 7 heteroatoms. The number of hydrogen-bond acceptors (Lipinski definition) is 6. The summed E-state index contributed by atoms with van der Waals surface area (Å²) in [6.07, 6.45) is 2.88. The minimum atomic E-state index is -3.23. The highest BCUT2D eigenvalue weighted by Gasteiger charge is 2.09. The van der Waals surface area contributed by atoms with Gasteiger partial charge in [0.25, 0.3) is 0 Å². The summed E-state index contributed by atoms with van der Waals surface area (Å²) in [6.45, 7) is 1.88. The smallest absolute Gasteiger partial charge is 0.224 e. The molecule has 0 amide bonds. The van der Waals surface area contributed by atoms with Crippen LogP contribution in [0.2, 0.25) is 0 Å². The molecule has 2 N–H and O–H groups in total. The topological polar surface area (TPSA) is 84.0 Å². The van der Waals surface area contributed by atoms with Gasteiger partial charge in [-0.3, -0.25) is 0 Å². The van der Waals surface area contributed by atoms with E-state index in [9.17, 15) is 8.42 Å². The van der Waals surface area contributed by atoms with E-state index in [0.717, 1.165) is 5.56 Å². The first-order chi connectivity index (χ1) is 9.40. The highest BCUT2D eigenvalue weighted by atomic mass is 32.2. The minimum Gasteiger partial charge on any atom is -0.357 e. The Bertz CT molecular complexity index is 729. The first-order valence-corrected chi connectivity index (χ1v) is 7.88. The quantitative estimate of drug-likeness (QED) is 0.896. The summed E-state index contributed by atoms with van der Waals surface area (Å²) in [7, 11) is -1.49. The van der Waals surface area contributed by atoms with Gasteiger partial charge in [-0.25, -0.2) is 13.4 Å². The van der Waals surface area contributed by atoms with Crippen LogP contribution in [0, 0.1) is 6.92 Å². The molecule has 0 saturated heterocycles. The fourth-order valence-electron chi connectivity index (χ4n) is 1.63. The van der Waals surface area contributed by atoms with Crippen molar-refractivity contribution in [3.63, 3.8) is 0 Å². The molecule has 0 saturated carbocycles. The summed E-state index contributed by atoms with van der Waals surface area (Å²) in [5, 5.41) is 5.96. The summed E-state index contributed by atoms with van der Waals surface area (Å²) in [5.41, 5.74) is 1.53. The van der Waals surface area contributed by atoms with Crippen LogP contribution < -0.4 is 10.6 Å². The minimum absolute atomic E-state index is 0.267. The summed E-state index contributed by atoms with van der Waals surface area (Å²) in [6, 6.07) is 6.62. The molecule has 0 spiro atoms. The number of anilines is 3. The fraction of sp³-hybridized carbons (Fsp3) is 0.231. The van der Waals surface area contributed by atoms with Crippen molar-refractivity contribution < 1.29 is 8.42 Å². The standard InChI is InChI=1S/C13H16N4O2S/c1-9-8-15-13(14-2)17-12(9)16-10-5-4-6-11(7-10)20(3,18)19/h4-8H,1-3H3,(H2,14,15,16,17). The van der Waals surface area contributed by atoms with Crippen molar-refractivity contribution in [3.05, 3.63) is 36.0 Å². The predicted octanol–water partition coefficient (Wildman–Crippen LogP) is 1.97. The highest BCUT2D eigenvalue weighted by molar-refractivity contribution is 7.90. The van der Waals surface area contributed by atoms with Gasteiger partial charge in [0, 0.05) is 30.8 Å². The largest absolute Gasteiger partial charge is 0.357 e. The maximum atomic E-state index is 11.5. The predicted molar refractivity (Wildman–Crippen MR) is 79.2 cm³/mol. The number of aryl methyl sites for hydroxylation is 1. The number of benzene rings is 1. The first-order valence-electron chi connectivity index (χ1n) is 5.98. The van der Waals surface area contributed by atoms with E-state index in [0.29, 0.717) is 17.5 Å². The van der Waals surface area contributed by atoms with Crippen LogP contribution >= 0.6 is 0 Å². The molecule has 0 unspecified atom stereocenters. The van der Waals surface area contributed by atoms with Crippen molar-refractivity contribution in [2.24, 2.45) is 0 Å². The van der Waals surface area contributed by atoms with Gasteiger partial charge in [0.2, 0.25) is 5.95 Å². The molecule has 20 heavy (non-hydrogen) atoms. The normalized spacial score (nSPS) is 11.2. The molecule has 1 aromatic carbocycles. The number of aromatic nitrogens is 2. The van der Waals surface area contributed by atoms with Gasteiger partial charge in [0.1, 0.15) is 5.82 Å². The number of hydrogen-bond donors (Lipinski definition) is 2. The first kappa shape index (κ1) is 14.3. The second-order valence-electron chi connectivity index (χ2n) is 4.40. The molecular formula is C13H16N4O2S. The van der Waals surface area contributed by atoms with Crippen molar-refractivity contribution in [3.8, 4) is 0 Å². The van der Waals surface area contributed by atoms with Crippen molar-refractivity contribution in [1.29, 1.82) is 0 Å². The zero-order valence-electron chi connectivity index (χ0n) is 11.5. The maximum absolute atomic E-state index is 11.5. The van der Waals surface area contributed by atoms with E-state index in [4.69, 9.17) is 0 Å². The molecule has 0 bridgehead atoms. The Balaban J connectivity index is 2.35. The SMILES string of the molecule is CNc1ncc(C)c(Nc2cccc(S(C)(=O)=O)c2)n1. The van der Waals surface area contributed by atoms with Gasteiger partial charge in [-0.05, 0) is 25.1 Å². The number of nitrogens with one attached hydrogen (secondary N) is 2. The summed E-state index contributed by atoms with van der Waals surface area (Å²) >= 11 is 0. The molecule has 6 nitrogen and oxygen atoms in total. The Morgan fingerprint density at radius 2 is 2.00 bits per heavy atom. The lowest BCUT2D eigenvalue weighted by molar-refractivity contribution is 0.602. The van der Waals surface area contributed by atoms with Crippen LogP contribution in [0.4, 0.5) is 17.5 Å². The molecule has 0 aliphatic heterocycles. The average Bonchev–Trinajstić information content (AvgIpc) is 2.41. The molecule has 2 rings (SSSR count). The molecule has 1 aromatic heterocycles. The lowest BCUT2D eigenvalue weighted by atomic mass is 10.3. The average molecular weight is 292 g/mol. The van der Waals surface area contributed by atoms with Crippen molar-refractivity contribution in [2.75, 3.05) is 23.9 Å². The van der Waals surface area contributed by atoms with Crippen LogP contribution in [0.25, 0.3) is 0 Å². The van der Waals surface area contributed by atoms with Crippen LogP contribution in [0.15, 0.2) is 35.4 Å². The van der Waals surface area contributed by atoms with E-state index in [1.807, 2.05) is 6.92 Å². The molecule has 0 aliphatic rings. The van der Waals surface area contributed by atoms with Crippen molar-refractivity contribution in [2.45, 2.75) is 11.8 Å². The van der Waals surface area contributed by atoms with E-state index in [1.54, 1.807) is 37.5 Å². The molecule has 1 heterocycles. The van der Waals surface area contributed by atoms with Crippen molar-refractivity contribution in [1.82, 2.24) is 9.97 Å². The zero-order valence-corrected chi connectivity index (χ0v) is 12.3. The third-order valence-corrected chi connectivity index (χ3v) is 3.83. The van der Waals surface area contributed by atoms with Gasteiger partial charge in [0.15, 0.2) is 9.84 Å². The fourth-order valence-corrected chi connectivity index (χ4v) is 2.30. The Hall–Kier alpha value is -2.15. The lowest BCUT2D eigenvalue weighted by Crippen LogP contribution is -2.03. The monoisotopic (exact) mass is 292 g/mol. The van der Waals surface area contributed by atoms with Gasteiger partial charge in [-0.1, -0.05) is 6.07 Å². The Morgan fingerprint density at radius 3 is 2.65 bits per heavy atom. The third kappa shape index (κ3) is 3.24. The number of nitrogens with zero attached hydrogens (tertiary/aromatic N) is 2. The van der Waals surface area contributed by atoms with E-state index >= 15 is 0 Å². The van der Waals surface area contributed by atoms with Crippen LogP contribution in [0.3, 0.4) is 0 Å². The summed E-state index contributed by atoms with van der Waals surface area (Å²) in [4.78, 5) is 8.66. The second-order valence-corrected chi connectivity index (χ2v) is 6.42. The van der Waals surface area contributed by atoms with E-state index in [2.05, 4.69) is 20.6 Å². The Labute approximate surface area is 118 Å². The molecule has 0 radical (unpaired) electrons. The van der Waals surface area contributed by atoms with Gasteiger partial charge in [-0.2, -0.15) is 4.98 Å². The van der Waals surface area contributed by atoms with Gasteiger partial charge in [0.05, 0.1) is 4.90 Å². The van der Waals surface area contributed by atoms with Crippen LogP contribution in [0.5, 0.6) is 0 Å². The van der Waals surface area contributed by atoms with E-state index in [1.165, 1.54) is 6.26 Å². The van der Waals surface area contributed by atoms with Crippen LogP contribution in [-0.2, 0) is 9.84 Å². The maximum Gasteiger partial charge on any atom is 0.224 e. The molecule has 0 aliphatic carbocycles. The van der Waals surface area contributed by atoms with Crippen LogP contribution in [0.1, 0.15) is 5.56 Å². The second kappa shape index (κ2) is 5.46. The molecular weight excluding hydrogens is 276 g/mol. The van der Waals surface area contributed by atoms with Crippen molar-refractivity contribution >= 4 is 27.3 Å². The van der Waals surface area contributed by atoms with E-state index < -0.39 is 9.84 Å². The van der Waals surface area contributed by atoms with Gasteiger partial charge < -0.3 is 10.6 Å². The molecule has 0 atom stereocenters. The van der Waals surface area contributed by atoms with Gasteiger partial charge >= 0.3 is 0 Å². The number of rotatable bonds is 4. The number of sulfone groups is 1. The zero-order chi connectivity index (χ0) is 14.8. The molecule has 0 fully saturated rings. The Kier molecular flexibility index (Phi) is 3.89. The van der Waals surface area contributed by atoms with Crippen LogP contribution in [-0.4, -0.2) is 31.7 Å². The molecule has 2 aromatic rings. The highest BCUT2D eigenvalue weighted by Crippen LogP contribution is 2.21. The summed E-state index contributed by atoms with van der Waals surface area (Å²) < 4.78 is 23.1. The lowest BCUT2D eigenvalue weighted by Gasteiger charge is -2.10. The Morgan fingerprint density at radius 1 is 1.25 bits per heavy atom. The summed E-state index contributed by atoms with van der Waals surface area (Å²) in [5.74, 6) is 1.13. The molecule has 106 valence electrons.